The van der Waals surface area contributed by atoms with Crippen LogP contribution in [0, 0.1) is 0 Å². The predicted molar refractivity (Wildman–Crippen MR) is 128 cm³/mol. The second-order valence-electron chi connectivity index (χ2n) is 6.71. The summed E-state index contributed by atoms with van der Waals surface area (Å²) in [6.07, 6.45) is 6.44. The van der Waals surface area contributed by atoms with Gasteiger partial charge >= 0.3 is 0 Å². The molecule has 4 aromatic carbocycles. The summed E-state index contributed by atoms with van der Waals surface area (Å²) in [6, 6.07) is 38.2. The molecule has 1 nitrogen and oxygen atoms in total. The lowest BCUT2D eigenvalue weighted by Gasteiger charge is -2.25. The monoisotopic (exact) mass is 393 g/mol. The number of hydrogen-bond acceptors (Lipinski definition) is 2. The van der Waals surface area contributed by atoms with Gasteiger partial charge in [0.25, 0.3) is 0 Å². The van der Waals surface area contributed by atoms with Gasteiger partial charge in [-0.3, -0.25) is 0 Å². The first-order chi connectivity index (χ1) is 14.3. The van der Waals surface area contributed by atoms with Gasteiger partial charge in [0, 0.05) is 22.0 Å². The molecule has 4 rings (SSSR count). The van der Waals surface area contributed by atoms with Crippen molar-refractivity contribution in [1.29, 1.82) is 0 Å². The van der Waals surface area contributed by atoms with E-state index in [2.05, 4.69) is 120 Å². The van der Waals surface area contributed by atoms with Crippen molar-refractivity contribution < 1.29 is 0 Å². The standard InChI is InChI=1S/C27H23NS/c1-29-27-14-8-9-23(21-27)16-15-22-17-19-26(20-18-22)28(24-10-4-2-5-11-24)25-12-6-3-7-13-25/h2-21H,1H3/b16-15+. The Morgan fingerprint density at radius 1 is 0.552 bits per heavy atom. The van der Waals surface area contributed by atoms with Gasteiger partial charge in [-0.05, 0) is 65.9 Å². The first-order valence-electron chi connectivity index (χ1n) is 9.66. The molecule has 0 bridgehead atoms. The van der Waals surface area contributed by atoms with Crippen LogP contribution < -0.4 is 4.90 Å². The topological polar surface area (TPSA) is 3.24 Å². The fraction of sp³-hybridized carbons (Fsp3) is 0.0370. The number of benzene rings is 4. The maximum absolute atomic E-state index is 2.27. The molecule has 0 aromatic heterocycles. The zero-order valence-corrected chi connectivity index (χ0v) is 17.2. The molecule has 2 heteroatoms. The molecule has 0 aliphatic rings. The molecule has 4 aromatic rings. The van der Waals surface area contributed by atoms with Gasteiger partial charge in [0.05, 0.1) is 0 Å². The molecule has 142 valence electrons. The quantitative estimate of drug-likeness (QED) is 0.241. The molecule has 0 amide bonds. The molecule has 0 unspecified atom stereocenters. The van der Waals surface area contributed by atoms with Gasteiger partial charge in [-0.15, -0.1) is 11.8 Å². The molecule has 0 heterocycles. The largest absolute Gasteiger partial charge is 0.311 e. The molecule has 0 atom stereocenters. The first-order valence-corrected chi connectivity index (χ1v) is 10.9. The van der Waals surface area contributed by atoms with Crippen LogP contribution in [0.1, 0.15) is 11.1 Å². The Hall–Kier alpha value is -3.23. The lowest BCUT2D eigenvalue weighted by atomic mass is 10.1. The fourth-order valence-corrected chi connectivity index (χ4v) is 3.74. The molecule has 0 radical (unpaired) electrons. The van der Waals surface area contributed by atoms with Crippen molar-refractivity contribution in [3.63, 3.8) is 0 Å². The minimum atomic E-state index is 1.14. The lowest BCUT2D eigenvalue weighted by Crippen LogP contribution is -2.09. The van der Waals surface area contributed by atoms with Crippen molar-refractivity contribution in [2.45, 2.75) is 4.90 Å². The van der Waals surface area contributed by atoms with E-state index in [4.69, 9.17) is 0 Å². The van der Waals surface area contributed by atoms with E-state index in [0.717, 1.165) is 17.1 Å². The Morgan fingerprint density at radius 3 is 1.69 bits per heavy atom. The van der Waals surface area contributed by atoms with Gasteiger partial charge in [0.1, 0.15) is 0 Å². The maximum atomic E-state index is 2.27. The molecule has 0 N–H and O–H groups in total. The van der Waals surface area contributed by atoms with Gasteiger partial charge in [-0.25, -0.2) is 0 Å². The average Bonchev–Trinajstić information content (AvgIpc) is 2.80. The third-order valence-electron chi connectivity index (χ3n) is 4.74. The van der Waals surface area contributed by atoms with E-state index in [-0.39, 0.29) is 0 Å². The normalized spacial score (nSPS) is 10.9. The maximum Gasteiger partial charge on any atom is 0.0462 e. The molecule has 0 aliphatic carbocycles. The van der Waals surface area contributed by atoms with E-state index < -0.39 is 0 Å². The van der Waals surface area contributed by atoms with Crippen molar-refractivity contribution in [2.24, 2.45) is 0 Å². The Bertz CT molecular complexity index is 1030. The van der Waals surface area contributed by atoms with Crippen LogP contribution in [0.15, 0.2) is 114 Å². The number of para-hydroxylation sites is 2. The van der Waals surface area contributed by atoms with Crippen LogP contribution >= 0.6 is 11.8 Å². The van der Waals surface area contributed by atoms with Crippen LogP contribution in [0.2, 0.25) is 0 Å². The minimum absolute atomic E-state index is 1.14. The summed E-state index contributed by atoms with van der Waals surface area (Å²) in [5, 5.41) is 0. The van der Waals surface area contributed by atoms with Crippen LogP contribution in [-0.2, 0) is 0 Å². The van der Waals surface area contributed by atoms with Crippen LogP contribution in [0.25, 0.3) is 12.2 Å². The Balaban J connectivity index is 1.61. The number of anilines is 3. The van der Waals surface area contributed by atoms with Crippen LogP contribution in [0.3, 0.4) is 0 Å². The Kier molecular flexibility index (Phi) is 6.13. The van der Waals surface area contributed by atoms with Crippen molar-refractivity contribution in [1.82, 2.24) is 0 Å². The van der Waals surface area contributed by atoms with Crippen LogP contribution in [-0.4, -0.2) is 6.26 Å². The van der Waals surface area contributed by atoms with Gasteiger partial charge < -0.3 is 4.90 Å². The highest BCUT2D eigenvalue weighted by Crippen LogP contribution is 2.34. The summed E-state index contributed by atoms with van der Waals surface area (Å²) >= 11 is 1.77. The summed E-state index contributed by atoms with van der Waals surface area (Å²) < 4.78 is 0. The van der Waals surface area contributed by atoms with Crippen molar-refractivity contribution in [3.8, 4) is 0 Å². The smallest absolute Gasteiger partial charge is 0.0462 e. The SMILES string of the molecule is CSc1cccc(/C=C/c2ccc(N(c3ccccc3)c3ccccc3)cc2)c1. The fourth-order valence-electron chi connectivity index (χ4n) is 3.27. The van der Waals surface area contributed by atoms with Gasteiger partial charge in [-0.1, -0.05) is 72.8 Å². The van der Waals surface area contributed by atoms with E-state index in [9.17, 15) is 0 Å². The van der Waals surface area contributed by atoms with Crippen molar-refractivity contribution >= 4 is 41.0 Å². The Labute approximate surface area is 177 Å². The molecular weight excluding hydrogens is 370 g/mol. The third kappa shape index (κ3) is 4.79. The van der Waals surface area contributed by atoms with Crippen LogP contribution in [0.4, 0.5) is 17.1 Å². The van der Waals surface area contributed by atoms with Gasteiger partial charge in [0.2, 0.25) is 0 Å². The number of nitrogens with zero attached hydrogens (tertiary/aromatic N) is 1. The van der Waals surface area contributed by atoms with Crippen molar-refractivity contribution in [3.05, 3.63) is 120 Å². The molecular formula is C27H23NS. The second kappa shape index (κ2) is 9.31. The zero-order chi connectivity index (χ0) is 19.9. The molecule has 29 heavy (non-hydrogen) atoms. The summed E-state index contributed by atoms with van der Waals surface area (Å²) in [7, 11) is 0. The summed E-state index contributed by atoms with van der Waals surface area (Å²) in [5.74, 6) is 0. The van der Waals surface area contributed by atoms with Gasteiger partial charge in [0.15, 0.2) is 0 Å². The summed E-state index contributed by atoms with van der Waals surface area (Å²) in [4.78, 5) is 3.55. The van der Waals surface area contributed by atoms with E-state index in [1.807, 2.05) is 12.1 Å². The molecule has 0 saturated heterocycles. The first kappa shape index (κ1) is 19.1. The van der Waals surface area contributed by atoms with Crippen molar-refractivity contribution in [2.75, 3.05) is 11.2 Å². The Morgan fingerprint density at radius 2 is 1.10 bits per heavy atom. The van der Waals surface area contributed by atoms with E-state index >= 15 is 0 Å². The summed E-state index contributed by atoms with van der Waals surface area (Å²) in [6.45, 7) is 0. The molecule has 0 aliphatic heterocycles. The molecule has 0 spiro atoms. The van der Waals surface area contributed by atoms with E-state index in [1.165, 1.54) is 16.0 Å². The molecule has 0 fully saturated rings. The van der Waals surface area contributed by atoms with Crippen LogP contribution in [0.5, 0.6) is 0 Å². The van der Waals surface area contributed by atoms with E-state index in [0.29, 0.717) is 0 Å². The lowest BCUT2D eigenvalue weighted by molar-refractivity contribution is 1.28. The number of rotatable bonds is 6. The van der Waals surface area contributed by atoms with Gasteiger partial charge in [-0.2, -0.15) is 0 Å². The zero-order valence-electron chi connectivity index (χ0n) is 16.4. The summed E-state index contributed by atoms with van der Waals surface area (Å²) in [5.41, 5.74) is 5.84. The predicted octanol–water partition coefficient (Wildman–Crippen LogP) is 8.05. The third-order valence-corrected chi connectivity index (χ3v) is 5.47. The number of thioether (sulfide) groups is 1. The highest BCUT2D eigenvalue weighted by Gasteiger charge is 2.11. The highest BCUT2D eigenvalue weighted by molar-refractivity contribution is 7.98. The molecule has 0 saturated carbocycles. The highest BCUT2D eigenvalue weighted by atomic mass is 32.2. The number of hydrogen-bond donors (Lipinski definition) is 0. The van der Waals surface area contributed by atoms with E-state index in [1.54, 1.807) is 11.8 Å². The minimum Gasteiger partial charge on any atom is -0.311 e. The second-order valence-corrected chi connectivity index (χ2v) is 7.59. The average molecular weight is 394 g/mol.